The van der Waals surface area contributed by atoms with Crippen molar-refractivity contribution in [2.24, 2.45) is 5.73 Å². The summed E-state index contributed by atoms with van der Waals surface area (Å²) < 4.78 is 69.6. The molecule has 156 valence electrons. The van der Waals surface area contributed by atoms with Gasteiger partial charge >= 0.3 is 6.18 Å². The fraction of sp³-hybridized carbons (Fsp3) is 0.316. The number of rotatable bonds is 7. The Kier molecular flexibility index (Phi) is 5.83. The number of carbonyl (C=O) groups excluding carboxylic acids is 1. The predicted octanol–water partition coefficient (Wildman–Crippen LogP) is 3.12. The molecule has 0 bridgehead atoms. The van der Waals surface area contributed by atoms with E-state index < -0.39 is 41.7 Å². The summed E-state index contributed by atoms with van der Waals surface area (Å²) >= 11 is 0. The monoisotopic (exact) mass is 414 g/mol. The molecular weight excluding hydrogens is 396 g/mol. The maximum atomic E-state index is 14.0. The zero-order chi connectivity index (χ0) is 21.2. The van der Waals surface area contributed by atoms with Crippen molar-refractivity contribution in [2.45, 2.75) is 32.3 Å². The van der Waals surface area contributed by atoms with Gasteiger partial charge in [0.2, 0.25) is 18.4 Å². The highest BCUT2D eigenvalue weighted by Crippen LogP contribution is 2.44. The van der Waals surface area contributed by atoms with E-state index in [2.05, 4.69) is 5.32 Å². The predicted molar refractivity (Wildman–Crippen MR) is 93.8 cm³/mol. The highest BCUT2D eigenvalue weighted by atomic mass is 19.4. The van der Waals surface area contributed by atoms with Crippen LogP contribution in [0.1, 0.15) is 23.6 Å². The summed E-state index contributed by atoms with van der Waals surface area (Å²) in [6.45, 7) is 1.08. The number of alkyl halides is 3. The zero-order valence-corrected chi connectivity index (χ0v) is 15.3. The van der Waals surface area contributed by atoms with Crippen LogP contribution in [-0.2, 0) is 24.1 Å². The molecule has 6 nitrogen and oxygen atoms in total. The molecule has 0 radical (unpaired) electrons. The molecule has 3 N–H and O–H groups in total. The Labute approximate surface area is 163 Å². The number of halogens is 4. The van der Waals surface area contributed by atoms with Gasteiger partial charge in [0.25, 0.3) is 0 Å². The summed E-state index contributed by atoms with van der Waals surface area (Å²) in [5.74, 6) is -0.906. The van der Waals surface area contributed by atoms with Gasteiger partial charge in [0.15, 0.2) is 11.5 Å². The fourth-order valence-electron chi connectivity index (χ4n) is 2.76. The van der Waals surface area contributed by atoms with E-state index in [4.69, 9.17) is 19.9 Å². The average Bonchev–Trinajstić information content (AvgIpc) is 3.14. The highest BCUT2D eigenvalue weighted by Gasteiger charge is 2.35. The first-order valence-electron chi connectivity index (χ1n) is 8.60. The summed E-state index contributed by atoms with van der Waals surface area (Å²) in [5.41, 5.74) is 4.13. The Hall–Kier alpha value is -3.01. The molecule has 1 aliphatic heterocycles. The first-order valence-corrected chi connectivity index (χ1v) is 8.60. The van der Waals surface area contributed by atoms with Gasteiger partial charge in [-0.25, -0.2) is 4.39 Å². The lowest BCUT2D eigenvalue weighted by Gasteiger charge is -2.16. The molecule has 0 unspecified atom stereocenters. The van der Waals surface area contributed by atoms with Gasteiger partial charge in [0, 0.05) is 17.7 Å². The number of hydrogen-bond acceptors (Lipinski definition) is 5. The third-order valence-corrected chi connectivity index (χ3v) is 4.39. The number of nitrogens with one attached hydrogen (secondary N) is 1. The molecular formula is C19H18F4N2O4. The molecule has 1 atom stereocenters. The molecule has 1 amide bonds. The molecule has 2 aromatic carbocycles. The summed E-state index contributed by atoms with van der Waals surface area (Å²) in [7, 11) is 0. The minimum absolute atomic E-state index is 0.110. The number of benzene rings is 2. The number of amides is 1. The Morgan fingerprint density at radius 2 is 1.97 bits per heavy atom. The summed E-state index contributed by atoms with van der Waals surface area (Å²) in [4.78, 5) is 11.1. The van der Waals surface area contributed by atoms with Crippen molar-refractivity contribution in [1.29, 1.82) is 0 Å². The van der Waals surface area contributed by atoms with Gasteiger partial charge in [-0.05, 0) is 25.1 Å². The standard InChI is InChI=1S/C19H18F4N2O4/c1-10(18(24)26)25-7-11-5-6-15(17-16(11)28-9-29-17)27-8-12-13(19(21,22)23)3-2-4-14(12)20/h2-6,10,25H,7-9H2,1H3,(H2,24,26)/t10-/m0/s1. The molecule has 2 aromatic rings. The lowest BCUT2D eigenvalue weighted by Crippen LogP contribution is -2.38. The molecule has 1 aliphatic rings. The van der Waals surface area contributed by atoms with Crippen molar-refractivity contribution in [3.63, 3.8) is 0 Å². The topological polar surface area (TPSA) is 82.8 Å². The van der Waals surface area contributed by atoms with Gasteiger partial charge in [0.05, 0.1) is 11.6 Å². The van der Waals surface area contributed by atoms with Gasteiger partial charge in [0.1, 0.15) is 12.4 Å². The van der Waals surface area contributed by atoms with E-state index >= 15 is 0 Å². The fourth-order valence-corrected chi connectivity index (χ4v) is 2.76. The lowest BCUT2D eigenvalue weighted by atomic mass is 10.1. The summed E-state index contributed by atoms with van der Waals surface area (Å²) in [5, 5.41) is 2.91. The van der Waals surface area contributed by atoms with Crippen LogP contribution >= 0.6 is 0 Å². The molecule has 1 heterocycles. The smallest absolute Gasteiger partial charge is 0.416 e. The van der Waals surface area contributed by atoms with E-state index in [0.29, 0.717) is 11.3 Å². The van der Waals surface area contributed by atoms with Crippen LogP contribution in [-0.4, -0.2) is 18.7 Å². The number of primary amides is 1. The molecule has 0 spiro atoms. The zero-order valence-electron chi connectivity index (χ0n) is 15.3. The van der Waals surface area contributed by atoms with Gasteiger partial charge in [-0.1, -0.05) is 12.1 Å². The van der Waals surface area contributed by atoms with Crippen LogP contribution < -0.4 is 25.3 Å². The molecule has 3 rings (SSSR count). The van der Waals surface area contributed by atoms with E-state index in [-0.39, 0.29) is 24.8 Å². The Morgan fingerprint density at radius 1 is 1.24 bits per heavy atom. The van der Waals surface area contributed by atoms with Crippen molar-refractivity contribution < 1.29 is 36.6 Å². The van der Waals surface area contributed by atoms with Gasteiger partial charge in [-0.2, -0.15) is 13.2 Å². The molecule has 0 aromatic heterocycles. The maximum absolute atomic E-state index is 14.0. The average molecular weight is 414 g/mol. The number of nitrogens with two attached hydrogens (primary N) is 1. The SMILES string of the molecule is C[C@H](NCc1ccc(OCc2c(F)cccc2C(F)(F)F)c2c1OCO2)C(N)=O. The Balaban J connectivity index is 1.80. The largest absolute Gasteiger partial charge is 0.485 e. The first kappa shape index (κ1) is 20.7. The number of hydrogen-bond donors (Lipinski definition) is 2. The van der Waals surface area contributed by atoms with Gasteiger partial charge < -0.3 is 25.3 Å². The summed E-state index contributed by atoms with van der Waals surface area (Å²) in [6, 6.07) is 5.23. The molecule has 10 heteroatoms. The lowest BCUT2D eigenvalue weighted by molar-refractivity contribution is -0.138. The summed E-state index contributed by atoms with van der Waals surface area (Å²) in [6.07, 6.45) is -4.71. The van der Waals surface area contributed by atoms with Crippen LogP contribution in [0.3, 0.4) is 0 Å². The molecule has 0 aliphatic carbocycles. The van der Waals surface area contributed by atoms with Crippen LogP contribution in [0.25, 0.3) is 0 Å². The van der Waals surface area contributed by atoms with Crippen LogP contribution in [0.5, 0.6) is 17.2 Å². The van der Waals surface area contributed by atoms with Crippen LogP contribution in [0, 0.1) is 5.82 Å². The van der Waals surface area contributed by atoms with Crippen molar-refractivity contribution in [2.75, 3.05) is 6.79 Å². The Bertz CT molecular complexity index is 918. The van der Waals surface area contributed by atoms with E-state index in [1.54, 1.807) is 13.0 Å². The van der Waals surface area contributed by atoms with Crippen LogP contribution in [0.2, 0.25) is 0 Å². The second-order valence-corrected chi connectivity index (χ2v) is 6.34. The quantitative estimate of drug-likeness (QED) is 0.681. The van der Waals surface area contributed by atoms with Crippen LogP contribution in [0.15, 0.2) is 30.3 Å². The second-order valence-electron chi connectivity index (χ2n) is 6.34. The minimum Gasteiger partial charge on any atom is -0.485 e. The third kappa shape index (κ3) is 4.53. The number of ether oxygens (including phenoxy) is 3. The van der Waals surface area contributed by atoms with Crippen LogP contribution in [0.4, 0.5) is 17.6 Å². The second kappa shape index (κ2) is 8.16. The van der Waals surface area contributed by atoms with E-state index in [9.17, 15) is 22.4 Å². The van der Waals surface area contributed by atoms with Crippen molar-refractivity contribution in [3.05, 3.63) is 52.8 Å². The van der Waals surface area contributed by atoms with Gasteiger partial charge in [-0.15, -0.1) is 0 Å². The van der Waals surface area contributed by atoms with Crippen molar-refractivity contribution in [3.8, 4) is 17.2 Å². The molecule has 0 saturated heterocycles. The third-order valence-electron chi connectivity index (χ3n) is 4.39. The minimum atomic E-state index is -4.71. The number of carbonyl (C=O) groups is 1. The van der Waals surface area contributed by atoms with Crippen molar-refractivity contribution >= 4 is 5.91 Å². The highest BCUT2D eigenvalue weighted by molar-refractivity contribution is 5.79. The molecule has 29 heavy (non-hydrogen) atoms. The number of fused-ring (bicyclic) bond motifs is 1. The Morgan fingerprint density at radius 3 is 2.66 bits per heavy atom. The molecule has 0 fully saturated rings. The van der Waals surface area contributed by atoms with Gasteiger partial charge in [-0.3, -0.25) is 4.79 Å². The molecule has 0 saturated carbocycles. The van der Waals surface area contributed by atoms with E-state index in [0.717, 1.165) is 18.2 Å². The maximum Gasteiger partial charge on any atom is 0.416 e. The first-order chi connectivity index (χ1) is 13.7. The van der Waals surface area contributed by atoms with E-state index in [1.807, 2.05) is 0 Å². The van der Waals surface area contributed by atoms with E-state index in [1.165, 1.54) is 6.07 Å². The van der Waals surface area contributed by atoms with Crippen molar-refractivity contribution in [1.82, 2.24) is 5.32 Å². The normalized spacial score (nSPS) is 14.0.